The molecule has 0 spiro atoms. The van der Waals surface area contributed by atoms with Crippen LogP contribution < -0.4 is 18.9 Å². The highest BCUT2D eigenvalue weighted by atomic mass is 16.7. The molecular weight excluding hydrogens is 418 g/mol. The van der Waals surface area contributed by atoms with Crippen LogP contribution in [0.5, 0.6) is 23.0 Å². The number of fused-ring (bicyclic) bond motifs is 1. The first-order chi connectivity index (χ1) is 15.6. The highest BCUT2D eigenvalue weighted by molar-refractivity contribution is 6.11. The van der Waals surface area contributed by atoms with Crippen LogP contribution in [0.1, 0.15) is 21.7 Å². The lowest BCUT2D eigenvalue weighted by Gasteiger charge is -2.10. The van der Waals surface area contributed by atoms with Crippen molar-refractivity contribution in [3.05, 3.63) is 77.4 Å². The Morgan fingerprint density at radius 1 is 1.06 bits per heavy atom. The monoisotopic (exact) mass is 433 g/mol. The lowest BCUT2D eigenvalue weighted by Crippen LogP contribution is -2.09. The number of furan rings is 1. The SMILES string of the molecule is COc1cc(C=C2N=C(c3ccco3)OC2=O)ccc1OC(=O)c1ccc2c(c1)OCO2. The standard InChI is InChI=1S/C23H15NO8/c1-27-19-10-13(9-15-23(26)32-21(24-15)18-3-2-8-28-18)4-6-17(19)31-22(25)14-5-7-16-20(11-14)30-12-29-16/h2-11H,12H2,1H3. The van der Waals surface area contributed by atoms with Crippen LogP contribution in [0, 0.1) is 0 Å². The van der Waals surface area contributed by atoms with Crippen LogP contribution in [0.3, 0.4) is 0 Å². The van der Waals surface area contributed by atoms with Gasteiger partial charge in [0, 0.05) is 0 Å². The minimum Gasteiger partial charge on any atom is -0.493 e. The van der Waals surface area contributed by atoms with Gasteiger partial charge in [-0.25, -0.2) is 14.6 Å². The van der Waals surface area contributed by atoms with Gasteiger partial charge in [-0.1, -0.05) is 6.07 Å². The number of cyclic esters (lactones) is 1. The summed E-state index contributed by atoms with van der Waals surface area (Å²) in [4.78, 5) is 28.9. The molecule has 0 unspecified atom stereocenters. The first-order valence-corrected chi connectivity index (χ1v) is 9.47. The maximum atomic E-state index is 12.6. The van der Waals surface area contributed by atoms with Gasteiger partial charge in [0.15, 0.2) is 34.5 Å². The van der Waals surface area contributed by atoms with E-state index in [4.69, 9.17) is 28.1 Å². The van der Waals surface area contributed by atoms with Gasteiger partial charge in [0.05, 0.1) is 18.9 Å². The summed E-state index contributed by atoms with van der Waals surface area (Å²) in [6.45, 7) is 0.110. The van der Waals surface area contributed by atoms with Gasteiger partial charge in [0.25, 0.3) is 5.90 Å². The summed E-state index contributed by atoms with van der Waals surface area (Å²) in [5.74, 6) is 0.818. The molecule has 2 aliphatic rings. The molecule has 0 saturated carbocycles. The predicted octanol–water partition coefficient (Wildman–Crippen LogP) is 3.58. The van der Waals surface area contributed by atoms with Gasteiger partial charge < -0.3 is 28.1 Å². The van der Waals surface area contributed by atoms with Crippen LogP contribution in [0.25, 0.3) is 6.08 Å². The molecule has 9 nitrogen and oxygen atoms in total. The maximum Gasteiger partial charge on any atom is 0.363 e. The van der Waals surface area contributed by atoms with Crippen molar-refractivity contribution < 1.29 is 37.7 Å². The second-order valence-corrected chi connectivity index (χ2v) is 6.68. The highest BCUT2D eigenvalue weighted by Gasteiger charge is 2.26. The number of aliphatic imine (C=N–C) groups is 1. The van der Waals surface area contributed by atoms with Gasteiger partial charge in [-0.2, -0.15) is 0 Å². The fourth-order valence-corrected chi connectivity index (χ4v) is 3.11. The minimum absolute atomic E-state index is 0.0903. The van der Waals surface area contributed by atoms with Gasteiger partial charge in [-0.3, -0.25) is 0 Å². The van der Waals surface area contributed by atoms with Gasteiger partial charge in [-0.15, -0.1) is 0 Å². The van der Waals surface area contributed by atoms with Crippen molar-refractivity contribution in [1.82, 2.24) is 0 Å². The lowest BCUT2D eigenvalue weighted by molar-refractivity contribution is -0.130. The number of rotatable bonds is 5. The third-order valence-corrected chi connectivity index (χ3v) is 4.65. The Balaban J connectivity index is 1.37. The Morgan fingerprint density at radius 3 is 2.75 bits per heavy atom. The summed E-state index contributed by atoms with van der Waals surface area (Å²) in [5.41, 5.74) is 1.00. The maximum absolute atomic E-state index is 12.6. The molecule has 0 saturated heterocycles. The van der Waals surface area contributed by atoms with Gasteiger partial charge in [0.1, 0.15) is 0 Å². The molecule has 1 aromatic heterocycles. The molecule has 9 heteroatoms. The molecule has 3 aromatic rings. The van der Waals surface area contributed by atoms with Crippen molar-refractivity contribution in [1.29, 1.82) is 0 Å². The average molecular weight is 433 g/mol. The number of ether oxygens (including phenoxy) is 5. The molecule has 0 atom stereocenters. The van der Waals surface area contributed by atoms with E-state index >= 15 is 0 Å². The zero-order valence-corrected chi connectivity index (χ0v) is 16.7. The van der Waals surface area contributed by atoms with Crippen LogP contribution in [0.15, 0.2) is 69.9 Å². The molecule has 0 radical (unpaired) electrons. The average Bonchev–Trinajstić information content (AvgIpc) is 3.55. The fourth-order valence-electron chi connectivity index (χ4n) is 3.11. The Bertz CT molecular complexity index is 1270. The summed E-state index contributed by atoms with van der Waals surface area (Å²) in [5, 5.41) is 0. The molecule has 0 bridgehead atoms. The highest BCUT2D eigenvalue weighted by Crippen LogP contribution is 2.34. The molecule has 32 heavy (non-hydrogen) atoms. The van der Waals surface area contributed by atoms with Crippen molar-refractivity contribution >= 4 is 23.9 Å². The molecule has 160 valence electrons. The minimum atomic E-state index is -0.603. The summed E-state index contributed by atoms with van der Waals surface area (Å²) in [6, 6.07) is 12.9. The van der Waals surface area contributed by atoms with Gasteiger partial charge in [-0.05, 0) is 54.1 Å². The van der Waals surface area contributed by atoms with Gasteiger partial charge in [0.2, 0.25) is 6.79 Å². The van der Waals surface area contributed by atoms with E-state index < -0.39 is 11.9 Å². The number of methoxy groups -OCH3 is 1. The molecule has 2 aliphatic heterocycles. The summed E-state index contributed by atoms with van der Waals surface area (Å²) >= 11 is 0. The number of hydrogen-bond donors (Lipinski definition) is 0. The first-order valence-electron chi connectivity index (χ1n) is 9.47. The largest absolute Gasteiger partial charge is 0.493 e. The number of carbonyl (C=O) groups excluding carboxylic acids is 2. The fraction of sp³-hybridized carbons (Fsp3) is 0.0870. The van der Waals surface area contributed by atoms with Crippen LogP contribution in [-0.4, -0.2) is 31.7 Å². The summed E-state index contributed by atoms with van der Waals surface area (Å²) in [6.07, 6.45) is 2.99. The predicted molar refractivity (Wildman–Crippen MR) is 110 cm³/mol. The van der Waals surface area contributed by atoms with E-state index in [1.165, 1.54) is 19.4 Å². The Morgan fingerprint density at radius 2 is 1.94 bits per heavy atom. The Kier molecular flexibility index (Phi) is 4.83. The number of benzene rings is 2. The van der Waals surface area contributed by atoms with Crippen molar-refractivity contribution in [2.45, 2.75) is 0 Å². The molecule has 0 amide bonds. The van der Waals surface area contributed by atoms with Gasteiger partial charge >= 0.3 is 11.9 Å². The van der Waals surface area contributed by atoms with Crippen molar-refractivity contribution in [2.75, 3.05) is 13.9 Å². The second-order valence-electron chi connectivity index (χ2n) is 6.68. The number of hydrogen-bond acceptors (Lipinski definition) is 9. The van der Waals surface area contributed by atoms with Crippen LogP contribution >= 0.6 is 0 Å². The Hall–Kier alpha value is -4.53. The molecular formula is C23H15NO8. The third kappa shape index (κ3) is 3.67. The number of nitrogens with zero attached hydrogens (tertiary/aromatic N) is 1. The van der Waals surface area contributed by atoms with E-state index in [9.17, 15) is 9.59 Å². The van der Waals surface area contributed by atoms with E-state index in [-0.39, 0.29) is 24.1 Å². The van der Waals surface area contributed by atoms with Crippen LogP contribution in [0.4, 0.5) is 0 Å². The van der Waals surface area contributed by atoms with Crippen LogP contribution in [-0.2, 0) is 9.53 Å². The van der Waals surface area contributed by atoms with E-state index in [2.05, 4.69) is 4.99 Å². The zero-order chi connectivity index (χ0) is 22.1. The van der Waals surface area contributed by atoms with E-state index in [1.807, 2.05) is 0 Å². The number of esters is 2. The first kappa shape index (κ1) is 19.4. The molecule has 0 fully saturated rings. The Labute approximate surface area is 181 Å². The second kappa shape index (κ2) is 7.95. The molecule has 0 aliphatic carbocycles. The quantitative estimate of drug-likeness (QED) is 0.342. The van der Waals surface area contributed by atoms with Crippen molar-refractivity contribution in [2.24, 2.45) is 4.99 Å². The van der Waals surface area contributed by atoms with Crippen molar-refractivity contribution in [3.63, 3.8) is 0 Å². The van der Waals surface area contributed by atoms with Crippen molar-refractivity contribution in [3.8, 4) is 23.0 Å². The van der Waals surface area contributed by atoms with E-state index in [0.717, 1.165) is 0 Å². The molecule has 5 rings (SSSR count). The summed E-state index contributed by atoms with van der Waals surface area (Å²) < 4.78 is 31.7. The third-order valence-electron chi connectivity index (χ3n) is 4.65. The molecule has 2 aromatic carbocycles. The zero-order valence-electron chi connectivity index (χ0n) is 16.7. The lowest BCUT2D eigenvalue weighted by atomic mass is 10.1. The van der Waals surface area contributed by atoms with Crippen LogP contribution in [0.2, 0.25) is 0 Å². The topological polar surface area (TPSA) is 106 Å². The molecule has 3 heterocycles. The smallest absolute Gasteiger partial charge is 0.363 e. The summed E-state index contributed by atoms with van der Waals surface area (Å²) in [7, 11) is 1.45. The van der Waals surface area contributed by atoms with E-state index in [0.29, 0.717) is 34.1 Å². The normalized spacial score (nSPS) is 15.5. The van der Waals surface area contributed by atoms with E-state index in [1.54, 1.807) is 48.5 Å². The number of carbonyl (C=O) groups is 2. The molecule has 0 N–H and O–H groups in total.